The maximum Gasteiger partial charge on any atom is 0.237 e. The minimum atomic E-state index is -0.483. The second-order valence-electron chi connectivity index (χ2n) is 7.84. The fourth-order valence-corrected chi connectivity index (χ4v) is 4.26. The number of fused-ring (bicyclic) bond motifs is 1. The van der Waals surface area contributed by atoms with E-state index in [1.165, 1.54) is 0 Å². The van der Waals surface area contributed by atoms with Crippen LogP contribution in [0.5, 0.6) is 0 Å². The van der Waals surface area contributed by atoms with Crippen LogP contribution in [0, 0.1) is 0 Å². The Hall–Kier alpha value is -3.19. The molecule has 0 spiro atoms. The number of benzene rings is 2. The van der Waals surface area contributed by atoms with E-state index in [1.54, 1.807) is 0 Å². The molecule has 2 aromatic carbocycles. The number of anilines is 1. The van der Waals surface area contributed by atoms with Gasteiger partial charge in [0.05, 0.1) is 23.5 Å². The Morgan fingerprint density at radius 2 is 2.00 bits per heavy atom. The molecule has 162 valence electrons. The molecule has 7 nitrogen and oxygen atoms in total. The molecule has 2 N–H and O–H groups in total. The number of amides is 2. The first-order valence-corrected chi connectivity index (χ1v) is 10.9. The van der Waals surface area contributed by atoms with Gasteiger partial charge in [-0.1, -0.05) is 37.3 Å². The number of carbonyl (C=O) groups excluding carboxylic acids is 2. The van der Waals surface area contributed by atoms with Gasteiger partial charge < -0.3 is 15.2 Å². The Bertz CT molecular complexity index is 1080. The fraction of sp³-hybridized carbons (Fsp3) is 0.375. The van der Waals surface area contributed by atoms with Crippen LogP contribution in [-0.2, 0) is 29.1 Å². The van der Waals surface area contributed by atoms with Crippen LogP contribution in [0.25, 0.3) is 11.0 Å². The van der Waals surface area contributed by atoms with E-state index in [1.807, 2.05) is 48.5 Å². The molecule has 1 aliphatic heterocycles. The highest BCUT2D eigenvalue weighted by molar-refractivity contribution is 5.97. The molecule has 0 aliphatic carbocycles. The molecule has 3 aromatic rings. The van der Waals surface area contributed by atoms with Crippen molar-refractivity contribution in [3.05, 3.63) is 59.9 Å². The summed E-state index contributed by atoms with van der Waals surface area (Å²) in [6.07, 6.45) is 0.971. The summed E-state index contributed by atoms with van der Waals surface area (Å²) < 4.78 is 2.19. The van der Waals surface area contributed by atoms with Crippen molar-refractivity contribution < 1.29 is 9.59 Å². The molecule has 1 aliphatic rings. The number of imidazole rings is 1. The number of nitrogens with zero attached hydrogens (tertiary/aromatic N) is 3. The van der Waals surface area contributed by atoms with Gasteiger partial charge in [-0.05, 0) is 30.7 Å². The van der Waals surface area contributed by atoms with E-state index in [0.717, 1.165) is 41.9 Å². The van der Waals surface area contributed by atoms with Crippen LogP contribution >= 0.6 is 0 Å². The van der Waals surface area contributed by atoms with E-state index in [-0.39, 0.29) is 18.2 Å². The maximum atomic E-state index is 12.8. The van der Waals surface area contributed by atoms with Gasteiger partial charge in [-0.15, -0.1) is 0 Å². The average molecular weight is 420 g/mol. The van der Waals surface area contributed by atoms with Crippen LogP contribution in [0.15, 0.2) is 48.5 Å². The fourth-order valence-electron chi connectivity index (χ4n) is 4.26. The van der Waals surface area contributed by atoms with Crippen LogP contribution in [-0.4, -0.2) is 45.4 Å². The number of nitrogens with one attached hydrogen (secondary N) is 2. The average Bonchev–Trinajstić information content (AvgIpc) is 3.13. The Balaban J connectivity index is 1.46. The predicted molar refractivity (Wildman–Crippen MR) is 122 cm³/mol. The molecule has 0 unspecified atom stereocenters. The normalized spacial score (nSPS) is 17.0. The molecule has 4 rings (SSSR count). The van der Waals surface area contributed by atoms with Gasteiger partial charge in [-0.25, -0.2) is 4.98 Å². The van der Waals surface area contributed by atoms with Crippen molar-refractivity contribution in [3.8, 4) is 0 Å². The number of rotatable bonds is 7. The Kier molecular flexibility index (Phi) is 6.32. The molecule has 1 atom stereocenters. The van der Waals surface area contributed by atoms with Crippen molar-refractivity contribution in [2.75, 3.05) is 18.4 Å². The number of aromatic nitrogens is 2. The molecule has 31 heavy (non-hydrogen) atoms. The lowest BCUT2D eigenvalue weighted by atomic mass is 10.1. The van der Waals surface area contributed by atoms with Gasteiger partial charge in [-0.2, -0.15) is 0 Å². The van der Waals surface area contributed by atoms with Crippen LogP contribution < -0.4 is 10.6 Å². The maximum absolute atomic E-state index is 12.8. The van der Waals surface area contributed by atoms with Crippen molar-refractivity contribution in [1.82, 2.24) is 19.8 Å². The minimum Gasteiger partial charge on any atom is -0.353 e. The molecular weight excluding hydrogens is 390 g/mol. The summed E-state index contributed by atoms with van der Waals surface area (Å²) in [5.74, 6) is 0.767. The number of hydrogen-bond acceptors (Lipinski definition) is 4. The Morgan fingerprint density at radius 1 is 1.19 bits per heavy atom. The molecule has 0 bridgehead atoms. The molecule has 0 radical (unpaired) electrons. The minimum absolute atomic E-state index is 0.0953. The molecule has 1 saturated heterocycles. The lowest BCUT2D eigenvalue weighted by molar-refractivity contribution is -0.132. The number of carbonyl (C=O) groups is 2. The van der Waals surface area contributed by atoms with Gasteiger partial charge in [0.2, 0.25) is 11.8 Å². The van der Waals surface area contributed by atoms with Crippen molar-refractivity contribution in [3.63, 3.8) is 0 Å². The van der Waals surface area contributed by atoms with E-state index in [9.17, 15) is 9.59 Å². The first kappa shape index (κ1) is 21.1. The van der Waals surface area contributed by atoms with Gasteiger partial charge in [0.25, 0.3) is 0 Å². The zero-order valence-corrected chi connectivity index (χ0v) is 18.1. The van der Waals surface area contributed by atoms with E-state index in [2.05, 4.69) is 33.9 Å². The Labute approximate surface area is 182 Å². The van der Waals surface area contributed by atoms with Gasteiger partial charge >= 0.3 is 0 Å². The third-order valence-corrected chi connectivity index (χ3v) is 5.79. The first-order chi connectivity index (χ1) is 15.1. The summed E-state index contributed by atoms with van der Waals surface area (Å²) in [4.78, 5) is 32.1. The zero-order chi connectivity index (χ0) is 21.8. The first-order valence-electron chi connectivity index (χ1n) is 10.9. The van der Waals surface area contributed by atoms with E-state index in [4.69, 9.17) is 4.98 Å². The summed E-state index contributed by atoms with van der Waals surface area (Å²) in [7, 11) is 0. The predicted octanol–water partition coefficient (Wildman–Crippen LogP) is 2.95. The van der Waals surface area contributed by atoms with Crippen LogP contribution in [0.1, 0.15) is 31.7 Å². The van der Waals surface area contributed by atoms with Gasteiger partial charge in [-0.3, -0.25) is 14.5 Å². The van der Waals surface area contributed by atoms with Crippen LogP contribution in [0.4, 0.5) is 5.69 Å². The van der Waals surface area contributed by atoms with Crippen molar-refractivity contribution in [2.45, 2.75) is 45.8 Å². The third-order valence-electron chi connectivity index (χ3n) is 5.79. The van der Waals surface area contributed by atoms with E-state index < -0.39 is 6.04 Å². The molecule has 0 saturated carbocycles. The van der Waals surface area contributed by atoms with Crippen molar-refractivity contribution in [2.24, 2.45) is 0 Å². The van der Waals surface area contributed by atoms with Crippen molar-refractivity contribution in [1.29, 1.82) is 0 Å². The monoisotopic (exact) mass is 419 g/mol. The molecule has 1 aromatic heterocycles. The topological polar surface area (TPSA) is 79.3 Å². The summed E-state index contributed by atoms with van der Waals surface area (Å²) in [5.41, 5.74) is 3.77. The Morgan fingerprint density at radius 3 is 2.74 bits per heavy atom. The quantitative estimate of drug-likeness (QED) is 0.617. The smallest absolute Gasteiger partial charge is 0.237 e. The number of hydrogen-bond donors (Lipinski definition) is 2. The number of piperazine rings is 1. The highest BCUT2D eigenvalue weighted by Gasteiger charge is 2.31. The summed E-state index contributed by atoms with van der Waals surface area (Å²) >= 11 is 0. The summed E-state index contributed by atoms with van der Waals surface area (Å²) in [5, 5.41) is 5.85. The third kappa shape index (κ3) is 4.61. The molecular formula is C24H29N5O2. The SMILES string of the molecule is CCc1nc2cc(NC(=O)C[C@H]3C(=O)NCCN3Cc3ccccc3)ccc2n1CC. The largest absolute Gasteiger partial charge is 0.353 e. The van der Waals surface area contributed by atoms with E-state index >= 15 is 0 Å². The van der Waals surface area contributed by atoms with Crippen LogP contribution in [0.2, 0.25) is 0 Å². The standard InChI is InChI=1S/C24H29N5O2/c1-3-22-27-19-14-18(10-11-20(19)29(22)4-2)26-23(30)15-21-24(31)25-12-13-28(21)16-17-8-6-5-7-9-17/h5-11,14,21H,3-4,12-13,15-16H2,1-2H3,(H,25,31)(H,26,30)/t21-/m0/s1. The lowest BCUT2D eigenvalue weighted by Gasteiger charge is -2.34. The molecule has 2 heterocycles. The second kappa shape index (κ2) is 9.31. The molecule has 1 fully saturated rings. The van der Waals surface area contributed by atoms with Gasteiger partial charge in [0.1, 0.15) is 5.82 Å². The van der Waals surface area contributed by atoms with Crippen molar-refractivity contribution >= 4 is 28.5 Å². The second-order valence-corrected chi connectivity index (χ2v) is 7.84. The molecule has 7 heteroatoms. The highest BCUT2D eigenvalue weighted by atomic mass is 16.2. The van der Waals surface area contributed by atoms with Gasteiger partial charge in [0, 0.05) is 38.3 Å². The van der Waals surface area contributed by atoms with Gasteiger partial charge in [0.15, 0.2) is 0 Å². The highest BCUT2D eigenvalue weighted by Crippen LogP contribution is 2.22. The molecule has 2 amide bonds. The summed E-state index contributed by atoms with van der Waals surface area (Å²) in [6, 6.07) is 15.3. The lowest BCUT2D eigenvalue weighted by Crippen LogP contribution is -2.55. The number of aryl methyl sites for hydroxylation is 2. The van der Waals surface area contributed by atoms with E-state index in [0.29, 0.717) is 18.8 Å². The zero-order valence-electron chi connectivity index (χ0n) is 18.1. The summed E-state index contributed by atoms with van der Waals surface area (Å²) in [6.45, 7) is 7.02. The van der Waals surface area contributed by atoms with Crippen LogP contribution in [0.3, 0.4) is 0 Å².